The molecule has 1 aromatic rings. The molecule has 2 rings (SSSR count). The van der Waals surface area contributed by atoms with E-state index in [1.807, 2.05) is 0 Å². The fourth-order valence-corrected chi connectivity index (χ4v) is 1.97. The Morgan fingerprint density at radius 3 is 2.25 bits per heavy atom. The monoisotopic (exact) mass is 299 g/mol. The first-order chi connectivity index (χ1) is 8.99. The summed E-state index contributed by atoms with van der Waals surface area (Å²) in [4.78, 5) is 12.6. The third-order valence-electron chi connectivity index (χ3n) is 2.73. The number of alkyl halides is 6. The molecule has 3 nitrogen and oxygen atoms in total. The van der Waals surface area contributed by atoms with Crippen molar-refractivity contribution in [3.05, 3.63) is 28.8 Å². The van der Waals surface area contributed by atoms with E-state index in [-0.39, 0.29) is 18.2 Å². The van der Waals surface area contributed by atoms with Crippen LogP contribution in [0.1, 0.15) is 21.5 Å². The molecule has 0 bridgehead atoms. The zero-order valence-electron chi connectivity index (χ0n) is 9.89. The van der Waals surface area contributed by atoms with Gasteiger partial charge in [0.05, 0.1) is 5.56 Å². The van der Waals surface area contributed by atoms with E-state index in [0.29, 0.717) is 6.07 Å². The SMILES string of the molecule is CN1Cc2c(cc(OC(F)(F)F)cc2C(F)(F)F)C1=O. The molecule has 1 aliphatic rings. The molecule has 1 heterocycles. The van der Waals surface area contributed by atoms with Crippen LogP contribution in [0.25, 0.3) is 0 Å². The Kier molecular flexibility index (Phi) is 3.10. The summed E-state index contributed by atoms with van der Waals surface area (Å²) >= 11 is 0. The van der Waals surface area contributed by atoms with Gasteiger partial charge in [-0.3, -0.25) is 4.79 Å². The van der Waals surface area contributed by atoms with Crippen LogP contribution in [0.5, 0.6) is 5.75 Å². The van der Waals surface area contributed by atoms with Crippen LogP contribution in [0.4, 0.5) is 26.3 Å². The second-order valence-corrected chi connectivity index (χ2v) is 4.20. The van der Waals surface area contributed by atoms with E-state index in [1.165, 1.54) is 7.05 Å². The number of nitrogens with zero attached hydrogens (tertiary/aromatic N) is 1. The standard InChI is InChI=1S/C11H7F6NO2/c1-18-4-7-6(9(18)19)2-5(20-11(15,16)17)3-8(7)10(12,13)14/h2-3H,4H2,1H3. The largest absolute Gasteiger partial charge is 0.573 e. The Morgan fingerprint density at radius 1 is 1.15 bits per heavy atom. The van der Waals surface area contributed by atoms with Gasteiger partial charge in [0.15, 0.2) is 0 Å². The van der Waals surface area contributed by atoms with Crippen LogP contribution in [-0.2, 0) is 12.7 Å². The van der Waals surface area contributed by atoms with Crippen molar-refractivity contribution in [2.24, 2.45) is 0 Å². The molecule has 0 atom stereocenters. The van der Waals surface area contributed by atoms with Crippen molar-refractivity contribution in [3.63, 3.8) is 0 Å². The highest BCUT2D eigenvalue weighted by atomic mass is 19.4. The lowest BCUT2D eigenvalue weighted by molar-refractivity contribution is -0.274. The highest BCUT2D eigenvalue weighted by molar-refractivity contribution is 5.99. The molecule has 1 aromatic carbocycles. The van der Waals surface area contributed by atoms with Crippen molar-refractivity contribution < 1.29 is 35.9 Å². The number of halogens is 6. The number of ether oxygens (including phenoxy) is 1. The molecule has 9 heteroatoms. The van der Waals surface area contributed by atoms with Gasteiger partial charge in [-0.25, -0.2) is 0 Å². The Labute approximate surface area is 108 Å². The summed E-state index contributed by atoms with van der Waals surface area (Å²) < 4.78 is 78.3. The average Bonchev–Trinajstić information content (AvgIpc) is 2.51. The maximum absolute atomic E-state index is 12.8. The zero-order valence-corrected chi connectivity index (χ0v) is 9.89. The summed E-state index contributed by atoms with van der Waals surface area (Å²) in [6, 6.07) is 0.919. The number of hydrogen-bond acceptors (Lipinski definition) is 2. The fraction of sp³-hybridized carbons (Fsp3) is 0.364. The normalized spacial score (nSPS) is 15.6. The van der Waals surface area contributed by atoms with Gasteiger partial charge in [0.2, 0.25) is 0 Å². The molecule has 0 fully saturated rings. The lowest BCUT2D eigenvalue weighted by atomic mass is 10.0. The van der Waals surface area contributed by atoms with Gasteiger partial charge in [-0.05, 0) is 17.7 Å². The van der Waals surface area contributed by atoms with E-state index in [2.05, 4.69) is 4.74 Å². The number of rotatable bonds is 1. The molecule has 0 saturated carbocycles. The quantitative estimate of drug-likeness (QED) is 0.745. The van der Waals surface area contributed by atoms with Crippen LogP contribution in [0.3, 0.4) is 0 Å². The molecule has 20 heavy (non-hydrogen) atoms. The number of benzene rings is 1. The Balaban J connectivity index is 2.58. The summed E-state index contributed by atoms with van der Waals surface area (Å²) in [6.45, 7) is -0.310. The Bertz CT molecular complexity index is 563. The summed E-state index contributed by atoms with van der Waals surface area (Å²) in [5.41, 5.74) is -2.08. The molecule has 110 valence electrons. The van der Waals surface area contributed by atoms with E-state index in [9.17, 15) is 31.1 Å². The van der Waals surface area contributed by atoms with E-state index in [0.717, 1.165) is 4.90 Å². The summed E-state index contributed by atoms with van der Waals surface area (Å²) in [5, 5.41) is 0. The van der Waals surface area contributed by atoms with Crippen molar-refractivity contribution in [2.45, 2.75) is 19.1 Å². The first-order valence-electron chi connectivity index (χ1n) is 5.24. The molecule has 0 N–H and O–H groups in total. The molecule has 0 aromatic heterocycles. The highest BCUT2D eigenvalue weighted by Gasteiger charge is 2.41. The van der Waals surface area contributed by atoms with Crippen LogP contribution in [0, 0.1) is 0 Å². The van der Waals surface area contributed by atoms with Crippen LogP contribution >= 0.6 is 0 Å². The maximum atomic E-state index is 12.8. The average molecular weight is 299 g/mol. The number of carbonyl (C=O) groups excluding carboxylic acids is 1. The Morgan fingerprint density at radius 2 is 1.75 bits per heavy atom. The fourth-order valence-electron chi connectivity index (χ4n) is 1.97. The van der Waals surface area contributed by atoms with E-state index in [4.69, 9.17) is 0 Å². The first-order valence-corrected chi connectivity index (χ1v) is 5.24. The first kappa shape index (κ1) is 14.5. The Hall–Kier alpha value is -1.93. The number of hydrogen-bond donors (Lipinski definition) is 0. The number of fused-ring (bicyclic) bond motifs is 1. The van der Waals surface area contributed by atoms with Gasteiger partial charge < -0.3 is 9.64 Å². The van der Waals surface area contributed by atoms with E-state index >= 15 is 0 Å². The van der Waals surface area contributed by atoms with Gasteiger partial charge in [0.25, 0.3) is 5.91 Å². The van der Waals surface area contributed by atoms with Gasteiger partial charge in [0, 0.05) is 19.2 Å². The summed E-state index contributed by atoms with van der Waals surface area (Å²) in [5.74, 6) is -1.84. The molecule has 1 amide bonds. The molecular formula is C11H7F6NO2. The second-order valence-electron chi connectivity index (χ2n) is 4.20. The molecule has 0 radical (unpaired) electrons. The lowest BCUT2D eigenvalue weighted by Gasteiger charge is -2.15. The van der Waals surface area contributed by atoms with Crippen molar-refractivity contribution in [1.82, 2.24) is 4.90 Å². The van der Waals surface area contributed by atoms with Crippen molar-refractivity contribution in [1.29, 1.82) is 0 Å². The van der Waals surface area contributed by atoms with E-state index < -0.39 is 35.3 Å². The van der Waals surface area contributed by atoms with Crippen LogP contribution in [0.15, 0.2) is 12.1 Å². The van der Waals surface area contributed by atoms with Gasteiger partial charge in [-0.1, -0.05) is 0 Å². The zero-order chi connectivity index (χ0) is 15.3. The lowest BCUT2D eigenvalue weighted by Crippen LogP contribution is -2.19. The van der Waals surface area contributed by atoms with Crippen molar-refractivity contribution in [3.8, 4) is 5.75 Å². The highest BCUT2D eigenvalue weighted by Crippen LogP contribution is 2.40. The van der Waals surface area contributed by atoms with Crippen LogP contribution in [-0.4, -0.2) is 24.2 Å². The molecule has 1 aliphatic heterocycles. The van der Waals surface area contributed by atoms with Crippen molar-refractivity contribution >= 4 is 5.91 Å². The predicted octanol–water partition coefficient (Wildman–Crippen LogP) is 3.19. The van der Waals surface area contributed by atoms with Gasteiger partial charge in [-0.2, -0.15) is 13.2 Å². The summed E-state index contributed by atoms with van der Waals surface area (Å²) in [7, 11) is 1.26. The number of amides is 1. The maximum Gasteiger partial charge on any atom is 0.573 e. The molecule has 0 saturated heterocycles. The minimum absolute atomic E-state index is 0.249. The smallest absolute Gasteiger partial charge is 0.406 e. The second kappa shape index (κ2) is 4.29. The molecule has 0 unspecified atom stereocenters. The van der Waals surface area contributed by atoms with Crippen LogP contribution in [0.2, 0.25) is 0 Å². The predicted molar refractivity (Wildman–Crippen MR) is 53.9 cm³/mol. The van der Waals surface area contributed by atoms with E-state index in [1.54, 1.807) is 0 Å². The minimum atomic E-state index is -5.13. The summed E-state index contributed by atoms with van der Waals surface area (Å²) in [6.07, 6.45) is -10.0. The van der Waals surface area contributed by atoms with Crippen molar-refractivity contribution in [2.75, 3.05) is 7.05 Å². The molecular weight excluding hydrogens is 292 g/mol. The minimum Gasteiger partial charge on any atom is -0.406 e. The third-order valence-corrected chi connectivity index (χ3v) is 2.73. The van der Waals surface area contributed by atoms with Gasteiger partial charge in [0.1, 0.15) is 5.75 Å². The topological polar surface area (TPSA) is 29.5 Å². The van der Waals surface area contributed by atoms with Gasteiger partial charge in [-0.15, -0.1) is 13.2 Å². The number of carbonyl (C=O) groups is 1. The van der Waals surface area contributed by atoms with Crippen LogP contribution < -0.4 is 4.74 Å². The molecule has 0 spiro atoms. The van der Waals surface area contributed by atoms with Gasteiger partial charge >= 0.3 is 12.5 Å². The third kappa shape index (κ3) is 2.66. The molecule has 0 aliphatic carbocycles.